The molecule has 11 nitrogen and oxygen atoms in total. The molecule has 1 amide bonds. The molecule has 1 N–H and O–H groups in total. The Labute approximate surface area is 209 Å². The van der Waals surface area contributed by atoms with E-state index in [1.165, 1.54) is 0 Å². The fraction of sp³-hybridized carbons (Fsp3) is 0.520. The number of carbonyl (C=O) groups is 1. The number of amides is 1. The third-order valence-electron chi connectivity index (χ3n) is 7.08. The number of nitriles is 1. The Kier molecular flexibility index (Phi) is 6.69. The predicted octanol–water partition coefficient (Wildman–Crippen LogP) is 2.44. The van der Waals surface area contributed by atoms with Crippen molar-refractivity contribution in [3.63, 3.8) is 0 Å². The van der Waals surface area contributed by atoms with E-state index in [-0.39, 0.29) is 29.1 Å². The topological polar surface area (TPSA) is 125 Å². The first-order chi connectivity index (χ1) is 17.4. The smallest absolute Gasteiger partial charge is 0.270 e. The van der Waals surface area contributed by atoms with E-state index in [4.69, 9.17) is 0 Å². The van der Waals surface area contributed by atoms with Gasteiger partial charge in [-0.1, -0.05) is 12.8 Å². The molecule has 0 radical (unpaired) electrons. The van der Waals surface area contributed by atoms with Crippen molar-refractivity contribution in [1.82, 2.24) is 34.1 Å². The second kappa shape index (κ2) is 10.1. The molecule has 11 heteroatoms. The fourth-order valence-electron chi connectivity index (χ4n) is 5.24. The van der Waals surface area contributed by atoms with E-state index < -0.39 is 0 Å². The van der Waals surface area contributed by atoms with Crippen LogP contribution in [0.3, 0.4) is 0 Å². The van der Waals surface area contributed by atoms with Gasteiger partial charge < -0.3 is 15.1 Å². The van der Waals surface area contributed by atoms with Gasteiger partial charge >= 0.3 is 0 Å². The van der Waals surface area contributed by atoms with Crippen LogP contribution in [0, 0.1) is 11.3 Å². The van der Waals surface area contributed by atoms with Gasteiger partial charge in [0.1, 0.15) is 17.3 Å². The average Bonchev–Trinajstić information content (AvgIpc) is 3.56. The highest BCUT2D eigenvalue weighted by Gasteiger charge is 2.25. The summed E-state index contributed by atoms with van der Waals surface area (Å²) in [6.07, 6.45) is 11.0. The standard InChI is InChI=1S/C25H31N9O2/c1-31(2)16-22(35)32-9-7-20(8-10-32)33-15-19(14-28-33)29-25-27-13-18-11-17(12-26)24(36)34(23(18)30-25)21-5-3-4-6-21/h11,13-15,20-21H,3-10,16H2,1-2H3,(H,27,29,30). The zero-order valence-corrected chi connectivity index (χ0v) is 20.7. The number of piperidine rings is 1. The van der Waals surface area contributed by atoms with Gasteiger partial charge in [-0.2, -0.15) is 15.3 Å². The SMILES string of the molecule is CN(C)CC(=O)N1CCC(n2cc(Nc3ncc4cc(C#N)c(=O)n(C5CCCC5)c4n3)cn2)CC1. The number of pyridine rings is 1. The maximum atomic E-state index is 13.0. The van der Waals surface area contributed by atoms with Crippen LogP contribution >= 0.6 is 0 Å². The Bertz CT molecular complexity index is 1360. The van der Waals surface area contributed by atoms with E-state index in [1.54, 1.807) is 23.0 Å². The molecule has 1 saturated carbocycles. The predicted molar refractivity (Wildman–Crippen MR) is 135 cm³/mol. The Hall–Kier alpha value is -3.78. The summed E-state index contributed by atoms with van der Waals surface area (Å²) in [5, 5.41) is 17.9. The van der Waals surface area contributed by atoms with Crippen molar-refractivity contribution in [3.05, 3.63) is 40.6 Å². The van der Waals surface area contributed by atoms with Gasteiger partial charge in [0.25, 0.3) is 5.56 Å². The number of nitrogens with zero attached hydrogens (tertiary/aromatic N) is 8. The normalized spacial score (nSPS) is 17.1. The Morgan fingerprint density at radius 2 is 1.92 bits per heavy atom. The van der Waals surface area contributed by atoms with Crippen LogP contribution in [-0.2, 0) is 4.79 Å². The number of rotatable bonds is 6. The molecule has 3 aromatic heterocycles. The van der Waals surface area contributed by atoms with Crippen LogP contribution in [0.2, 0.25) is 0 Å². The van der Waals surface area contributed by atoms with Crippen LogP contribution in [0.4, 0.5) is 11.6 Å². The molecule has 0 bridgehead atoms. The molecular formula is C25H31N9O2. The highest BCUT2D eigenvalue weighted by atomic mass is 16.2. The number of likely N-dealkylation sites (N-methyl/N-ethyl adjacent to an activating group) is 1. The van der Waals surface area contributed by atoms with Gasteiger partial charge in [-0.25, -0.2) is 4.98 Å². The van der Waals surface area contributed by atoms with Crippen LogP contribution in [-0.4, -0.2) is 73.8 Å². The van der Waals surface area contributed by atoms with Gasteiger partial charge in [0.05, 0.1) is 24.5 Å². The van der Waals surface area contributed by atoms with Gasteiger partial charge in [0.15, 0.2) is 0 Å². The van der Waals surface area contributed by atoms with E-state index in [9.17, 15) is 14.9 Å². The summed E-state index contributed by atoms with van der Waals surface area (Å²) in [4.78, 5) is 38.2. The Morgan fingerprint density at radius 1 is 1.17 bits per heavy atom. The van der Waals surface area contributed by atoms with Crippen molar-refractivity contribution < 1.29 is 4.79 Å². The summed E-state index contributed by atoms with van der Waals surface area (Å²) in [6, 6.07) is 3.86. The lowest BCUT2D eigenvalue weighted by molar-refractivity contribution is -0.133. The monoisotopic (exact) mass is 489 g/mol. The van der Waals surface area contributed by atoms with Crippen LogP contribution in [0.15, 0.2) is 29.5 Å². The third-order valence-corrected chi connectivity index (χ3v) is 7.08. The molecular weight excluding hydrogens is 458 g/mol. The average molecular weight is 490 g/mol. The quantitative estimate of drug-likeness (QED) is 0.560. The van der Waals surface area contributed by atoms with Crippen molar-refractivity contribution in [3.8, 4) is 6.07 Å². The number of nitrogens with one attached hydrogen (secondary N) is 1. The highest BCUT2D eigenvalue weighted by Crippen LogP contribution is 2.31. The summed E-state index contributed by atoms with van der Waals surface area (Å²) in [5.41, 5.74) is 1.13. The first-order valence-electron chi connectivity index (χ1n) is 12.5. The number of aromatic nitrogens is 5. The molecule has 5 rings (SSSR count). The summed E-state index contributed by atoms with van der Waals surface area (Å²) in [7, 11) is 3.80. The molecule has 0 aromatic carbocycles. The second-order valence-electron chi connectivity index (χ2n) is 9.94. The first-order valence-corrected chi connectivity index (χ1v) is 12.5. The summed E-state index contributed by atoms with van der Waals surface area (Å²) >= 11 is 0. The molecule has 2 aliphatic rings. The maximum absolute atomic E-state index is 13.0. The Morgan fingerprint density at radius 3 is 2.61 bits per heavy atom. The van der Waals surface area contributed by atoms with Crippen molar-refractivity contribution in [1.29, 1.82) is 5.26 Å². The van der Waals surface area contributed by atoms with E-state index in [2.05, 4.69) is 20.4 Å². The molecule has 36 heavy (non-hydrogen) atoms. The maximum Gasteiger partial charge on any atom is 0.270 e. The van der Waals surface area contributed by atoms with Crippen molar-refractivity contribution in [2.24, 2.45) is 0 Å². The molecule has 0 atom stereocenters. The largest absolute Gasteiger partial charge is 0.341 e. The Balaban J connectivity index is 1.32. The highest BCUT2D eigenvalue weighted by molar-refractivity contribution is 5.78. The summed E-state index contributed by atoms with van der Waals surface area (Å²) < 4.78 is 3.62. The summed E-state index contributed by atoms with van der Waals surface area (Å²) in [5.74, 6) is 0.537. The molecule has 1 saturated heterocycles. The van der Waals surface area contributed by atoms with E-state index in [1.807, 2.05) is 40.8 Å². The molecule has 2 fully saturated rings. The minimum Gasteiger partial charge on any atom is -0.341 e. The molecule has 188 valence electrons. The molecule has 1 aliphatic heterocycles. The van der Waals surface area contributed by atoms with Crippen LogP contribution in [0.1, 0.15) is 56.2 Å². The van der Waals surface area contributed by atoms with Crippen molar-refractivity contribution in [2.75, 3.05) is 39.0 Å². The van der Waals surface area contributed by atoms with E-state index >= 15 is 0 Å². The van der Waals surface area contributed by atoms with Gasteiger partial charge in [0, 0.05) is 36.9 Å². The molecule has 1 aliphatic carbocycles. The zero-order chi connectivity index (χ0) is 25.2. The van der Waals surface area contributed by atoms with Gasteiger partial charge in [-0.3, -0.25) is 18.8 Å². The summed E-state index contributed by atoms with van der Waals surface area (Å²) in [6.45, 7) is 1.87. The first kappa shape index (κ1) is 23.9. The van der Waals surface area contributed by atoms with E-state index in [0.29, 0.717) is 23.5 Å². The van der Waals surface area contributed by atoms with Crippen LogP contribution < -0.4 is 10.9 Å². The van der Waals surface area contributed by atoms with Crippen LogP contribution in [0.25, 0.3) is 11.0 Å². The lowest BCUT2D eigenvalue weighted by Crippen LogP contribution is -2.43. The van der Waals surface area contributed by atoms with E-state index in [0.717, 1.165) is 57.3 Å². The van der Waals surface area contributed by atoms with Gasteiger partial charge in [-0.05, 0) is 45.8 Å². The second-order valence-corrected chi connectivity index (χ2v) is 9.94. The van der Waals surface area contributed by atoms with Crippen LogP contribution in [0.5, 0.6) is 0 Å². The number of anilines is 2. The molecule has 0 unspecified atom stereocenters. The third kappa shape index (κ3) is 4.81. The minimum absolute atomic E-state index is 0.0503. The fourth-order valence-corrected chi connectivity index (χ4v) is 5.24. The number of hydrogen-bond acceptors (Lipinski definition) is 8. The lowest BCUT2D eigenvalue weighted by Gasteiger charge is -2.32. The number of hydrogen-bond donors (Lipinski definition) is 1. The molecule has 3 aromatic rings. The minimum atomic E-state index is -0.287. The van der Waals surface area contributed by atoms with Gasteiger partial charge in [0.2, 0.25) is 11.9 Å². The molecule has 4 heterocycles. The lowest BCUT2D eigenvalue weighted by atomic mass is 10.1. The molecule has 0 spiro atoms. The zero-order valence-electron chi connectivity index (χ0n) is 20.7. The number of likely N-dealkylation sites (tertiary alicyclic amines) is 1. The van der Waals surface area contributed by atoms with Gasteiger partial charge in [-0.15, -0.1) is 0 Å². The van der Waals surface area contributed by atoms with Crippen molar-refractivity contribution >= 4 is 28.6 Å². The van der Waals surface area contributed by atoms with Crippen molar-refractivity contribution in [2.45, 2.75) is 50.6 Å². The number of fused-ring (bicyclic) bond motifs is 1. The number of carbonyl (C=O) groups excluding carboxylic acids is 1.